The predicted octanol–water partition coefficient (Wildman–Crippen LogP) is 4.20. The lowest BCUT2D eigenvalue weighted by Gasteiger charge is -2.11. The third kappa shape index (κ3) is 2.85. The first-order valence-corrected chi connectivity index (χ1v) is 6.28. The minimum atomic E-state index is 0.316. The molecule has 1 fully saturated rings. The van der Waals surface area contributed by atoms with Gasteiger partial charge in [0.05, 0.1) is 0 Å². The number of Topliss-reactive ketones (excluding diaryl/α,β-unsaturated/α-hetero) is 1. The van der Waals surface area contributed by atoms with Crippen molar-refractivity contribution in [1.82, 2.24) is 0 Å². The van der Waals surface area contributed by atoms with Gasteiger partial charge in [0, 0.05) is 11.4 Å². The second kappa shape index (κ2) is 5.01. The van der Waals surface area contributed by atoms with Crippen molar-refractivity contribution in [3.63, 3.8) is 0 Å². The molecule has 2 atom stereocenters. The molecule has 0 radical (unpaired) electrons. The maximum atomic E-state index is 11.1. The first-order valence-electron chi connectivity index (χ1n) is 5.90. The van der Waals surface area contributed by atoms with Crippen molar-refractivity contribution in [3.8, 4) is 0 Å². The Bertz CT molecular complexity index is 386. The average molecular weight is 237 g/mol. The molecule has 1 aliphatic rings. The molecule has 1 saturated carbocycles. The van der Waals surface area contributed by atoms with Crippen LogP contribution in [0.15, 0.2) is 24.3 Å². The summed E-state index contributed by atoms with van der Waals surface area (Å²) in [6.07, 6.45) is 4.26. The molecular weight excluding hydrogens is 220 g/mol. The zero-order valence-corrected chi connectivity index (χ0v) is 10.3. The van der Waals surface area contributed by atoms with Crippen LogP contribution in [0.4, 0.5) is 0 Å². The molecule has 0 aromatic heterocycles. The summed E-state index contributed by atoms with van der Waals surface area (Å²) in [6.45, 7) is 1.69. The van der Waals surface area contributed by atoms with E-state index in [1.54, 1.807) is 6.92 Å². The molecule has 16 heavy (non-hydrogen) atoms. The Balaban J connectivity index is 2.00. The van der Waals surface area contributed by atoms with Crippen LogP contribution in [-0.2, 0) is 4.79 Å². The molecule has 2 rings (SSSR count). The van der Waals surface area contributed by atoms with E-state index in [1.165, 1.54) is 18.4 Å². The summed E-state index contributed by atoms with van der Waals surface area (Å²) in [7, 11) is 0. The first-order chi connectivity index (χ1) is 7.65. The molecule has 0 heterocycles. The Hall–Kier alpha value is -0.820. The average Bonchev–Trinajstić information content (AvgIpc) is 2.65. The Morgan fingerprint density at radius 2 is 2.25 bits per heavy atom. The minimum Gasteiger partial charge on any atom is -0.300 e. The number of hydrogen-bond donors (Lipinski definition) is 0. The first kappa shape index (κ1) is 11.7. The van der Waals surface area contributed by atoms with Gasteiger partial charge in [0.1, 0.15) is 5.78 Å². The van der Waals surface area contributed by atoms with Crippen LogP contribution in [0, 0.1) is 5.92 Å². The smallest absolute Gasteiger partial charge is 0.130 e. The Morgan fingerprint density at radius 3 is 2.94 bits per heavy atom. The van der Waals surface area contributed by atoms with E-state index >= 15 is 0 Å². The molecule has 1 nitrogen and oxygen atoms in total. The molecule has 2 heteroatoms. The third-order valence-electron chi connectivity index (χ3n) is 3.44. The van der Waals surface area contributed by atoms with Crippen LogP contribution >= 0.6 is 11.6 Å². The highest BCUT2D eigenvalue weighted by molar-refractivity contribution is 6.30. The molecule has 2 unspecified atom stereocenters. The quantitative estimate of drug-likeness (QED) is 0.769. The molecule has 0 saturated heterocycles. The molecule has 0 aliphatic heterocycles. The van der Waals surface area contributed by atoms with E-state index in [2.05, 4.69) is 12.1 Å². The lowest BCUT2D eigenvalue weighted by molar-refractivity contribution is -0.117. The van der Waals surface area contributed by atoms with Crippen molar-refractivity contribution in [1.29, 1.82) is 0 Å². The molecule has 0 bridgehead atoms. The molecule has 1 aliphatic carbocycles. The van der Waals surface area contributed by atoms with Gasteiger partial charge >= 0.3 is 0 Å². The number of ketones is 1. The van der Waals surface area contributed by atoms with Crippen LogP contribution < -0.4 is 0 Å². The van der Waals surface area contributed by atoms with Crippen molar-refractivity contribution in [2.45, 2.75) is 38.5 Å². The zero-order valence-electron chi connectivity index (χ0n) is 9.58. The van der Waals surface area contributed by atoms with E-state index in [0.717, 1.165) is 17.9 Å². The van der Waals surface area contributed by atoms with Gasteiger partial charge in [-0.2, -0.15) is 0 Å². The normalized spacial score (nSPS) is 24.6. The Morgan fingerprint density at radius 1 is 1.44 bits per heavy atom. The van der Waals surface area contributed by atoms with Crippen molar-refractivity contribution in [2.24, 2.45) is 5.92 Å². The number of benzene rings is 1. The lowest BCUT2D eigenvalue weighted by Crippen LogP contribution is -2.01. The lowest BCUT2D eigenvalue weighted by atomic mass is 9.95. The molecule has 0 amide bonds. The van der Waals surface area contributed by atoms with Crippen LogP contribution in [0.25, 0.3) is 0 Å². The van der Waals surface area contributed by atoms with Gasteiger partial charge in [0.15, 0.2) is 0 Å². The fraction of sp³-hybridized carbons (Fsp3) is 0.500. The van der Waals surface area contributed by atoms with Crippen LogP contribution in [-0.4, -0.2) is 5.78 Å². The minimum absolute atomic E-state index is 0.316. The van der Waals surface area contributed by atoms with E-state index < -0.39 is 0 Å². The number of carbonyl (C=O) groups is 1. The Labute approximate surface area is 102 Å². The van der Waals surface area contributed by atoms with Gasteiger partial charge in [-0.15, -0.1) is 0 Å². The molecular formula is C14H17ClO. The van der Waals surface area contributed by atoms with Crippen molar-refractivity contribution >= 4 is 17.4 Å². The molecule has 86 valence electrons. The maximum Gasteiger partial charge on any atom is 0.130 e. The predicted molar refractivity (Wildman–Crippen MR) is 66.8 cm³/mol. The van der Waals surface area contributed by atoms with Gasteiger partial charge in [0.2, 0.25) is 0 Å². The fourth-order valence-corrected chi connectivity index (χ4v) is 2.93. The highest BCUT2D eigenvalue weighted by Crippen LogP contribution is 2.40. The standard InChI is InChI=1S/C14H17ClO/c1-10(16)7-11-5-6-13(8-11)12-3-2-4-14(15)9-12/h2-4,9,11,13H,5-8H2,1H3. The second-order valence-electron chi connectivity index (χ2n) is 4.84. The number of rotatable bonds is 3. The zero-order chi connectivity index (χ0) is 11.5. The van der Waals surface area contributed by atoms with Crippen molar-refractivity contribution < 1.29 is 4.79 Å². The van der Waals surface area contributed by atoms with E-state index in [1.807, 2.05) is 12.1 Å². The van der Waals surface area contributed by atoms with E-state index in [9.17, 15) is 4.79 Å². The monoisotopic (exact) mass is 236 g/mol. The maximum absolute atomic E-state index is 11.1. The summed E-state index contributed by atoms with van der Waals surface area (Å²) >= 11 is 5.99. The molecule has 0 spiro atoms. The number of halogens is 1. The highest BCUT2D eigenvalue weighted by atomic mass is 35.5. The van der Waals surface area contributed by atoms with Gasteiger partial charge in [-0.05, 0) is 55.7 Å². The van der Waals surface area contributed by atoms with Crippen molar-refractivity contribution in [2.75, 3.05) is 0 Å². The molecule has 1 aromatic rings. The van der Waals surface area contributed by atoms with Gasteiger partial charge in [-0.3, -0.25) is 0 Å². The van der Waals surface area contributed by atoms with Crippen LogP contribution in [0.5, 0.6) is 0 Å². The summed E-state index contributed by atoms with van der Waals surface area (Å²) in [5.41, 5.74) is 1.33. The Kier molecular flexibility index (Phi) is 3.65. The van der Waals surface area contributed by atoms with E-state index in [0.29, 0.717) is 17.6 Å². The SMILES string of the molecule is CC(=O)CC1CCC(c2cccc(Cl)c2)C1. The van der Waals surface area contributed by atoms with Crippen LogP contribution in [0.2, 0.25) is 5.02 Å². The van der Waals surface area contributed by atoms with Gasteiger partial charge in [0.25, 0.3) is 0 Å². The highest BCUT2D eigenvalue weighted by Gasteiger charge is 2.26. The van der Waals surface area contributed by atoms with Gasteiger partial charge in [-0.25, -0.2) is 0 Å². The van der Waals surface area contributed by atoms with Crippen LogP contribution in [0.1, 0.15) is 44.1 Å². The van der Waals surface area contributed by atoms with E-state index in [4.69, 9.17) is 11.6 Å². The van der Waals surface area contributed by atoms with Crippen LogP contribution in [0.3, 0.4) is 0 Å². The molecule has 1 aromatic carbocycles. The summed E-state index contributed by atoms with van der Waals surface area (Å²) in [5, 5.41) is 0.813. The summed E-state index contributed by atoms with van der Waals surface area (Å²) < 4.78 is 0. The summed E-state index contributed by atoms with van der Waals surface area (Å²) in [6, 6.07) is 8.12. The fourth-order valence-electron chi connectivity index (χ4n) is 2.73. The number of hydrogen-bond acceptors (Lipinski definition) is 1. The summed E-state index contributed by atoms with van der Waals surface area (Å²) in [5.74, 6) is 1.50. The largest absolute Gasteiger partial charge is 0.300 e. The topological polar surface area (TPSA) is 17.1 Å². The summed E-state index contributed by atoms with van der Waals surface area (Å²) in [4.78, 5) is 11.1. The van der Waals surface area contributed by atoms with Gasteiger partial charge < -0.3 is 4.79 Å². The van der Waals surface area contributed by atoms with Crippen molar-refractivity contribution in [3.05, 3.63) is 34.9 Å². The number of carbonyl (C=O) groups excluding carboxylic acids is 1. The second-order valence-corrected chi connectivity index (χ2v) is 5.27. The third-order valence-corrected chi connectivity index (χ3v) is 3.67. The molecule has 0 N–H and O–H groups in total. The van der Waals surface area contributed by atoms with E-state index in [-0.39, 0.29) is 0 Å². The van der Waals surface area contributed by atoms with Gasteiger partial charge in [-0.1, -0.05) is 23.7 Å².